The zero-order valence-corrected chi connectivity index (χ0v) is 18.2. The van der Waals surface area contributed by atoms with Gasteiger partial charge >= 0.3 is 0 Å². The van der Waals surface area contributed by atoms with E-state index in [2.05, 4.69) is 40.7 Å². The molecule has 5 rings (SSSR count). The van der Waals surface area contributed by atoms with Gasteiger partial charge in [0.15, 0.2) is 17.4 Å². The molecule has 29 heavy (non-hydrogen) atoms. The van der Waals surface area contributed by atoms with Crippen molar-refractivity contribution in [2.24, 2.45) is 23.7 Å². The lowest BCUT2D eigenvalue weighted by molar-refractivity contribution is -0.350. The van der Waals surface area contributed by atoms with E-state index in [0.29, 0.717) is 29.7 Å². The molecule has 0 amide bonds. The van der Waals surface area contributed by atoms with Crippen LogP contribution in [0.4, 0.5) is 0 Å². The second kappa shape index (κ2) is 6.01. The van der Waals surface area contributed by atoms with Crippen LogP contribution in [0.5, 0.6) is 0 Å². The molecule has 0 N–H and O–H groups in total. The first-order chi connectivity index (χ1) is 13.6. The van der Waals surface area contributed by atoms with E-state index >= 15 is 0 Å². The Labute approximate surface area is 173 Å². The fourth-order valence-electron chi connectivity index (χ4n) is 6.69. The summed E-state index contributed by atoms with van der Waals surface area (Å²) in [5.41, 5.74) is 2.17. The second-order valence-electron chi connectivity index (χ2n) is 10.6. The largest absolute Gasteiger partial charge is 0.344 e. The molecule has 1 spiro atoms. The predicted molar refractivity (Wildman–Crippen MR) is 110 cm³/mol. The van der Waals surface area contributed by atoms with Crippen LogP contribution in [0.2, 0.25) is 0 Å². The van der Waals surface area contributed by atoms with Crippen molar-refractivity contribution in [3.63, 3.8) is 0 Å². The number of fused-ring (bicyclic) bond motifs is 5. The summed E-state index contributed by atoms with van der Waals surface area (Å²) in [5.74, 6) is 0.509. The Bertz CT molecular complexity index is 890. The van der Waals surface area contributed by atoms with Gasteiger partial charge in [0.2, 0.25) is 0 Å². The molecule has 0 aromatic rings. The molecule has 0 radical (unpaired) electrons. The highest BCUT2D eigenvalue weighted by Crippen LogP contribution is 2.60. The van der Waals surface area contributed by atoms with Crippen molar-refractivity contribution in [2.75, 3.05) is 0 Å². The number of hydrogen-bond donors (Lipinski definition) is 0. The van der Waals surface area contributed by atoms with E-state index < -0.39 is 11.4 Å². The van der Waals surface area contributed by atoms with Crippen LogP contribution in [0.3, 0.4) is 0 Å². The lowest BCUT2D eigenvalue weighted by Gasteiger charge is -2.59. The Morgan fingerprint density at radius 2 is 1.76 bits per heavy atom. The van der Waals surface area contributed by atoms with Crippen molar-refractivity contribution in [2.45, 2.75) is 83.7 Å². The molecule has 156 valence electrons. The van der Waals surface area contributed by atoms with Crippen molar-refractivity contribution in [3.05, 3.63) is 34.9 Å². The first-order valence-electron chi connectivity index (χ1n) is 11.2. The van der Waals surface area contributed by atoms with Gasteiger partial charge in [-0.05, 0) is 75.2 Å². The number of carbonyl (C=O) groups is 2. The topological polar surface area (TPSA) is 52.6 Å². The van der Waals surface area contributed by atoms with E-state index in [1.807, 2.05) is 0 Å². The van der Waals surface area contributed by atoms with Gasteiger partial charge in [0.25, 0.3) is 0 Å². The van der Waals surface area contributed by atoms with Crippen LogP contribution in [0.1, 0.15) is 66.7 Å². The molecule has 2 unspecified atom stereocenters. The van der Waals surface area contributed by atoms with Gasteiger partial charge in [-0.1, -0.05) is 19.9 Å². The molecule has 6 atom stereocenters. The van der Waals surface area contributed by atoms with Gasteiger partial charge in [0, 0.05) is 30.3 Å². The van der Waals surface area contributed by atoms with Crippen LogP contribution in [0.25, 0.3) is 0 Å². The molecule has 0 aromatic heterocycles. The minimum Gasteiger partial charge on any atom is -0.344 e. The Kier molecular flexibility index (Phi) is 4.03. The number of carbonyl (C=O) groups excluding carboxylic acids is 2. The Morgan fingerprint density at radius 3 is 2.45 bits per heavy atom. The molecule has 2 heterocycles. The average molecular weight is 397 g/mol. The fourth-order valence-corrected chi connectivity index (χ4v) is 6.69. The third-order valence-electron chi connectivity index (χ3n) is 8.48. The lowest BCUT2D eigenvalue weighted by Crippen LogP contribution is -2.62. The summed E-state index contributed by atoms with van der Waals surface area (Å²) in [6, 6.07) is 0. The van der Waals surface area contributed by atoms with E-state index in [4.69, 9.17) is 9.47 Å². The van der Waals surface area contributed by atoms with Crippen molar-refractivity contribution in [1.29, 1.82) is 0 Å². The van der Waals surface area contributed by atoms with Crippen LogP contribution in [0.15, 0.2) is 34.9 Å². The van der Waals surface area contributed by atoms with E-state index in [9.17, 15) is 9.59 Å². The van der Waals surface area contributed by atoms with E-state index in [-0.39, 0.29) is 23.1 Å². The second-order valence-corrected chi connectivity index (χ2v) is 10.6. The maximum absolute atomic E-state index is 13.0. The molecular formula is C25H32O4. The van der Waals surface area contributed by atoms with Crippen LogP contribution in [-0.2, 0) is 19.1 Å². The SMILES string of the molecule is C[C@H]1C2CC=C3C(=CC(=O)C4=CC(=O)CCC43)[C@]2(C)O[C@]2(CCC(C)(C)O2)[C@H]1C. The summed E-state index contributed by atoms with van der Waals surface area (Å²) >= 11 is 0. The minimum atomic E-state index is -0.598. The van der Waals surface area contributed by atoms with Crippen LogP contribution < -0.4 is 0 Å². The first-order valence-corrected chi connectivity index (χ1v) is 11.2. The third-order valence-corrected chi connectivity index (χ3v) is 8.48. The summed E-state index contributed by atoms with van der Waals surface area (Å²) in [7, 11) is 0. The van der Waals surface area contributed by atoms with Gasteiger partial charge in [0.05, 0.1) is 11.2 Å². The van der Waals surface area contributed by atoms with Crippen LogP contribution in [0, 0.1) is 23.7 Å². The zero-order chi connectivity index (χ0) is 20.8. The standard InChI is InChI=1S/C25H32O4/c1-14-15(2)25(11-10-23(3,4)28-25)29-24(5)20(14)9-8-18-17-7-6-16(26)12-19(17)22(27)13-21(18)24/h8,12-15,17,20H,6-7,9-11H2,1-5H3/t14-,15+,17?,20?,24-,25-/m1/s1. The van der Waals surface area contributed by atoms with Crippen molar-refractivity contribution in [1.82, 2.24) is 0 Å². The molecule has 5 aliphatic rings. The van der Waals surface area contributed by atoms with E-state index in [1.54, 1.807) is 12.2 Å². The number of hydrogen-bond acceptors (Lipinski definition) is 4. The number of ketones is 2. The summed E-state index contributed by atoms with van der Waals surface area (Å²) < 4.78 is 13.6. The maximum atomic E-state index is 13.0. The molecular weight excluding hydrogens is 364 g/mol. The predicted octanol–water partition coefficient (Wildman–Crippen LogP) is 4.69. The third kappa shape index (κ3) is 2.64. The normalized spacial score (nSPS) is 45.8. The summed E-state index contributed by atoms with van der Waals surface area (Å²) in [5, 5.41) is 0. The molecule has 2 aliphatic heterocycles. The summed E-state index contributed by atoms with van der Waals surface area (Å²) in [6.07, 6.45) is 9.71. The molecule has 4 nitrogen and oxygen atoms in total. The van der Waals surface area contributed by atoms with Crippen LogP contribution in [-0.4, -0.2) is 28.6 Å². The summed E-state index contributed by atoms with van der Waals surface area (Å²) in [6.45, 7) is 11.0. The van der Waals surface area contributed by atoms with Crippen molar-refractivity contribution < 1.29 is 19.1 Å². The molecule has 0 bridgehead atoms. The molecule has 4 heteroatoms. The number of allylic oxidation sites excluding steroid dienone is 4. The van der Waals surface area contributed by atoms with Crippen LogP contribution >= 0.6 is 0 Å². The molecule has 0 saturated carbocycles. The minimum absolute atomic E-state index is 0.0197. The average Bonchev–Trinajstić information content (AvgIpc) is 2.96. The van der Waals surface area contributed by atoms with Crippen molar-refractivity contribution in [3.8, 4) is 0 Å². The number of rotatable bonds is 0. The van der Waals surface area contributed by atoms with Gasteiger partial charge in [-0.2, -0.15) is 0 Å². The zero-order valence-electron chi connectivity index (χ0n) is 18.2. The van der Waals surface area contributed by atoms with E-state index in [1.165, 1.54) is 5.57 Å². The van der Waals surface area contributed by atoms with Gasteiger partial charge in [-0.3, -0.25) is 9.59 Å². The highest BCUT2D eigenvalue weighted by atomic mass is 16.7. The Balaban J connectivity index is 1.61. The fraction of sp³-hybridized carbons (Fsp3) is 0.680. The first kappa shape index (κ1) is 19.4. The van der Waals surface area contributed by atoms with Gasteiger partial charge in [-0.15, -0.1) is 0 Å². The Morgan fingerprint density at radius 1 is 1.00 bits per heavy atom. The maximum Gasteiger partial charge on any atom is 0.182 e. The number of ether oxygens (including phenoxy) is 2. The van der Waals surface area contributed by atoms with Gasteiger partial charge < -0.3 is 9.47 Å². The lowest BCUT2D eigenvalue weighted by atomic mass is 9.58. The molecule has 2 fully saturated rings. The smallest absolute Gasteiger partial charge is 0.182 e. The van der Waals surface area contributed by atoms with Gasteiger partial charge in [-0.25, -0.2) is 0 Å². The van der Waals surface area contributed by atoms with Crippen molar-refractivity contribution >= 4 is 11.6 Å². The quantitative estimate of drug-likeness (QED) is 0.596. The monoisotopic (exact) mass is 396 g/mol. The molecule has 0 aromatic carbocycles. The van der Waals surface area contributed by atoms with Gasteiger partial charge in [0.1, 0.15) is 0 Å². The molecule has 3 aliphatic carbocycles. The molecule has 2 saturated heterocycles. The van der Waals surface area contributed by atoms with E-state index in [0.717, 1.165) is 31.3 Å². The summed E-state index contributed by atoms with van der Waals surface area (Å²) in [4.78, 5) is 24.9. The highest BCUT2D eigenvalue weighted by Gasteiger charge is 2.63. The Hall–Kier alpha value is -1.52. The highest BCUT2D eigenvalue weighted by molar-refractivity contribution is 6.12.